The molecule has 0 aliphatic carbocycles. The smallest absolute Gasteiger partial charge is 0.339 e. The molecule has 0 atom stereocenters. The molecule has 3 N–H and O–H groups in total. The highest BCUT2D eigenvalue weighted by atomic mass is 19.1. The predicted octanol–water partition coefficient (Wildman–Crippen LogP) is 4.94. The van der Waals surface area contributed by atoms with Gasteiger partial charge in [-0.05, 0) is 60.2 Å². The van der Waals surface area contributed by atoms with Gasteiger partial charge in [0.1, 0.15) is 30.0 Å². The maximum absolute atomic E-state index is 13.6. The molecule has 3 aromatic carbocycles. The van der Waals surface area contributed by atoms with Crippen LogP contribution in [0.15, 0.2) is 83.9 Å². The average Bonchev–Trinajstić information content (AvgIpc) is 3.22. The van der Waals surface area contributed by atoms with Gasteiger partial charge in [0.2, 0.25) is 0 Å². The highest BCUT2D eigenvalue weighted by molar-refractivity contribution is 5.85. The molecule has 0 unspecified atom stereocenters. The molecular weight excluding hydrogens is 459 g/mol. The largest absolute Gasteiger partial charge is 0.489 e. The second-order valence-corrected chi connectivity index (χ2v) is 7.60. The first-order chi connectivity index (χ1) is 17.5. The number of hydrogen-bond acceptors (Lipinski definition) is 6. The Morgan fingerprint density at radius 2 is 1.69 bits per heavy atom. The Morgan fingerprint density at radius 3 is 2.42 bits per heavy atom. The van der Waals surface area contributed by atoms with Gasteiger partial charge in [-0.3, -0.25) is 4.57 Å². The third kappa shape index (κ3) is 4.76. The number of fused-ring (bicyclic) bond motifs is 1. The van der Waals surface area contributed by atoms with E-state index in [0.717, 1.165) is 11.3 Å². The first-order valence-electron chi connectivity index (χ1n) is 11.5. The van der Waals surface area contributed by atoms with Crippen LogP contribution in [0.1, 0.15) is 19.4 Å². The van der Waals surface area contributed by atoms with Crippen LogP contribution in [0.2, 0.25) is 0 Å². The molecule has 0 aliphatic heterocycles. The molecule has 8 nitrogen and oxygen atoms in total. The van der Waals surface area contributed by atoms with Crippen molar-refractivity contribution in [2.24, 2.45) is 0 Å². The van der Waals surface area contributed by atoms with Crippen molar-refractivity contribution in [3.05, 3.63) is 101 Å². The summed E-state index contributed by atoms with van der Waals surface area (Å²) in [6.07, 6.45) is 1.34. The number of benzene rings is 3. The van der Waals surface area contributed by atoms with E-state index in [1.165, 1.54) is 27.6 Å². The molecule has 0 saturated heterocycles. The third-order valence-electron chi connectivity index (χ3n) is 5.43. The summed E-state index contributed by atoms with van der Waals surface area (Å²) in [6, 6.07) is 20.7. The molecule has 9 heteroatoms. The minimum Gasteiger partial charge on any atom is -0.489 e. The Labute approximate surface area is 207 Å². The zero-order valence-corrected chi connectivity index (χ0v) is 20.3. The number of nitrogens with two attached hydrogens (primary N) is 1. The number of halogens is 1. The number of aromatic nitrogens is 4. The Balaban J connectivity index is 0.00000148. The van der Waals surface area contributed by atoms with Crippen LogP contribution in [0.4, 0.5) is 15.9 Å². The minimum absolute atomic E-state index is 0.192. The molecule has 5 aromatic rings. The molecule has 36 heavy (non-hydrogen) atoms. The van der Waals surface area contributed by atoms with Crippen molar-refractivity contribution in [1.29, 1.82) is 0 Å². The van der Waals surface area contributed by atoms with E-state index in [9.17, 15) is 9.18 Å². The van der Waals surface area contributed by atoms with Gasteiger partial charge in [0, 0.05) is 12.7 Å². The standard InChI is InChI=1S/C25H21FN6O2.C2H6/c1-28-18-6-3-7-20(13-18)32-24-22(23(27)29-15-30-24)31(25(32)33)19-8-10-21(11-9-19)34-14-16-4-2-5-17(26)12-16;1-2/h2-13,15,28H,14H2,1H3,(H2,27,29,30);1-2H3. The number of nitrogen functional groups attached to an aromatic ring is 1. The van der Waals surface area contributed by atoms with E-state index in [1.54, 1.807) is 36.4 Å². The molecule has 0 fully saturated rings. The summed E-state index contributed by atoms with van der Waals surface area (Å²) in [6.45, 7) is 4.22. The fraction of sp³-hybridized carbons (Fsp3) is 0.148. The Bertz CT molecular complexity index is 1540. The molecule has 0 aliphatic rings. The van der Waals surface area contributed by atoms with Crippen LogP contribution < -0.4 is 21.5 Å². The predicted molar refractivity (Wildman–Crippen MR) is 141 cm³/mol. The maximum Gasteiger partial charge on any atom is 0.339 e. The van der Waals surface area contributed by atoms with E-state index in [1.807, 2.05) is 45.2 Å². The number of imidazole rings is 1. The van der Waals surface area contributed by atoms with Crippen molar-refractivity contribution in [3.8, 4) is 17.1 Å². The number of nitrogens with one attached hydrogen (secondary N) is 1. The van der Waals surface area contributed by atoms with E-state index >= 15 is 0 Å². The fourth-order valence-corrected chi connectivity index (χ4v) is 3.80. The van der Waals surface area contributed by atoms with Crippen LogP contribution in [-0.2, 0) is 6.61 Å². The van der Waals surface area contributed by atoms with Gasteiger partial charge in [-0.15, -0.1) is 0 Å². The maximum atomic E-state index is 13.6. The monoisotopic (exact) mass is 486 g/mol. The van der Waals surface area contributed by atoms with Crippen molar-refractivity contribution in [3.63, 3.8) is 0 Å². The highest BCUT2D eigenvalue weighted by Gasteiger charge is 2.20. The SMILES string of the molecule is CC.CNc1cccc(-n2c(=O)n(-c3ccc(OCc4cccc(F)c4)cc3)c3c(N)ncnc32)c1. The van der Waals surface area contributed by atoms with Crippen molar-refractivity contribution in [2.75, 3.05) is 18.1 Å². The average molecular weight is 487 g/mol. The second kappa shape index (κ2) is 10.7. The fourth-order valence-electron chi connectivity index (χ4n) is 3.80. The molecule has 5 rings (SSSR count). The molecule has 0 amide bonds. The molecule has 2 aromatic heterocycles. The summed E-state index contributed by atoms with van der Waals surface area (Å²) < 4.78 is 22.1. The quantitative estimate of drug-likeness (QED) is 0.353. The first-order valence-corrected chi connectivity index (χ1v) is 11.5. The molecule has 0 radical (unpaired) electrons. The highest BCUT2D eigenvalue weighted by Crippen LogP contribution is 2.25. The molecule has 0 saturated carbocycles. The molecule has 184 valence electrons. The van der Waals surface area contributed by atoms with E-state index in [4.69, 9.17) is 10.5 Å². The van der Waals surface area contributed by atoms with Crippen LogP contribution in [0, 0.1) is 5.82 Å². The number of nitrogens with zero attached hydrogens (tertiary/aromatic N) is 4. The summed E-state index contributed by atoms with van der Waals surface area (Å²) in [4.78, 5) is 22.0. The van der Waals surface area contributed by atoms with Gasteiger partial charge in [-0.25, -0.2) is 23.7 Å². The lowest BCUT2D eigenvalue weighted by molar-refractivity contribution is 0.305. The summed E-state index contributed by atoms with van der Waals surface area (Å²) >= 11 is 0. The molecular formula is C27H27FN6O2. The van der Waals surface area contributed by atoms with Crippen LogP contribution in [0.3, 0.4) is 0 Å². The number of ether oxygens (including phenoxy) is 1. The second-order valence-electron chi connectivity index (χ2n) is 7.60. The molecule has 0 bridgehead atoms. The Hall–Kier alpha value is -4.66. The Morgan fingerprint density at radius 1 is 0.944 bits per heavy atom. The van der Waals surface area contributed by atoms with Crippen LogP contribution >= 0.6 is 0 Å². The van der Waals surface area contributed by atoms with Crippen molar-refractivity contribution >= 4 is 22.7 Å². The lowest BCUT2D eigenvalue weighted by Crippen LogP contribution is -2.22. The van der Waals surface area contributed by atoms with E-state index in [-0.39, 0.29) is 23.9 Å². The Kier molecular flexibility index (Phi) is 7.29. The lowest BCUT2D eigenvalue weighted by atomic mass is 10.2. The zero-order valence-electron chi connectivity index (χ0n) is 20.3. The topological polar surface area (TPSA) is 100.0 Å². The zero-order chi connectivity index (χ0) is 25.7. The van der Waals surface area contributed by atoms with E-state index in [0.29, 0.717) is 28.3 Å². The number of anilines is 2. The van der Waals surface area contributed by atoms with Crippen molar-refractivity contribution < 1.29 is 9.13 Å². The molecule has 2 heterocycles. The molecule has 0 spiro atoms. The van der Waals surface area contributed by atoms with Crippen molar-refractivity contribution in [2.45, 2.75) is 20.5 Å². The van der Waals surface area contributed by atoms with Gasteiger partial charge in [-0.1, -0.05) is 32.0 Å². The number of hydrogen-bond donors (Lipinski definition) is 2. The van der Waals surface area contributed by atoms with Crippen LogP contribution in [-0.4, -0.2) is 26.1 Å². The first kappa shape index (κ1) is 24.5. The van der Waals surface area contributed by atoms with Crippen LogP contribution in [0.25, 0.3) is 22.5 Å². The van der Waals surface area contributed by atoms with Gasteiger partial charge in [0.25, 0.3) is 0 Å². The summed E-state index contributed by atoms with van der Waals surface area (Å²) in [5.41, 5.74) is 9.46. The minimum atomic E-state index is -0.330. The number of rotatable bonds is 6. The van der Waals surface area contributed by atoms with Gasteiger partial charge < -0.3 is 15.8 Å². The van der Waals surface area contributed by atoms with Gasteiger partial charge >= 0.3 is 5.69 Å². The van der Waals surface area contributed by atoms with E-state index in [2.05, 4.69) is 15.3 Å². The summed E-state index contributed by atoms with van der Waals surface area (Å²) in [5.74, 6) is 0.458. The summed E-state index contributed by atoms with van der Waals surface area (Å²) in [7, 11) is 1.81. The van der Waals surface area contributed by atoms with Crippen LogP contribution in [0.5, 0.6) is 5.75 Å². The van der Waals surface area contributed by atoms with Gasteiger partial charge in [0.15, 0.2) is 11.5 Å². The normalized spacial score (nSPS) is 10.6. The summed E-state index contributed by atoms with van der Waals surface area (Å²) in [5, 5.41) is 3.07. The third-order valence-corrected chi connectivity index (χ3v) is 5.43. The van der Waals surface area contributed by atoms with Gasteiger partial charge in [0.05, 0.1) is 11.4 Å². The van der Waals surface area contributed by atoms with Crippen molar-refractivity contribution in [1.82, 2.24) is 19.1 Å². The van der Waals surface area contributed by atoms with E-state index < -0.39 is 0 Å². The lowest BCUT2D eigenvalue weighted by Gasteiger charge is -2.08. The van der Waals surface area contributed by atoms with Gasteiger partial charge in [-0.2, -0.15) is 0 Å².